The largest absolute Gasteiger partial charge is 0.460 e. The first-order valence-corrected chi connectivity index (χ1v) is 5.91. The number of aliphatic hydroxyl groups excluding tert-OH is 1. The van der Waals surface area contributed by atoms with Gasteiger partial charge in [-0.3, -0.25) is 0 Å². The normalized spacial score (nSPS) is 18.6. The zero-order valence-electron chi connectivity index (χ0n) is 9.63. The molecule has 2 N–H and O–H groups in total. The van der Waals surface area contributed by atoms with E-state index in [1.54, 1.807) is 24.3 Å². The lowest BCUT2D eigenvalue weighted by Gasteiger charge is -2.23. The standard InChI is InChI=1S/C13H17NO3/c15-12(10-4-2-1-3-5-10)13(16)17-11-6-8-14-9-7-11/h1-5,11-12,14-15H,6-9H2. The monoisotopic (exact) mass is 235 g/mol. The maximum atomic E-state index is 11.7. The minimum atomic E-state index is -1.17. The van der Waals surface area contributed by atoms with Gasteiger partial charge in [0.05, 0.1) is 0 Å². The Labute approximate surface area is 101 Å². The van der Waals surface area contributed by atoms with E-state index in [1.165, 1.54) is 0 Å². The molecule has 1 aromatic carbocycles. The van der Waals surface area contributed by atoms with Crippen molar-refractivity contribution in [3.05, 3.63) is 35.9 Å². The van der Waals surface area contributed by atoms with Crippen molar-refractivity contribution >= 4 is 5.97 Å². The lowest BCUT2D eigenvalue weighted by molar-refractivity contribution is -0.160. The van der Waals surface area contributed by atoms with E-state index in [2.05, 4.69) is 5.32 Å². The summed E-state index contributed by atoms with van der Waals surface area (Å²) in [6.07, 6.45) is 0.383. The van der Waals surface area contributed by atoms with Crippen LogP contribution in [0.25, 0.3) is 0 Å². The molecule has 1 unspecified atom stereocenters. The van der Waals surface area contributed by atoms with Crippen LogP contribution in [0.4, 0.5) is 0 Å². The maximum Gasteiger partial charge on any atom is 0.339 e. The Morgan fingerprint density at radius 1 is 1.29 bits per heavy atom. The lowest BCUT2D eigenvalue weighted by atomic mass is 10.1. The van der Waals surface area contributed by atoms with E-state index in [0.717, 1.165) is 25.9 Å². The van der Waals surface area contributed by atoms with Gasteiger partial charge in [-0.25, -0.2) is 4.79 Å². The fourth-order valence-electron chi connectivity index (χ4n) is 1.91. The van der Waals surface area contributed by atoms with Crippen molar-refractivity contribution in [3.63, 3.8) is 0 Å². The predicted octanol–water partition coefficient (Wildman–Crippen LogP) is 1.02. The number of esters is 1. The molecule has 2 rings (SSSR count). The summed E-state index contributed by atoms with van der Waals surface area (Å²) < 4.78 is 5.28. The van der Waals surface area contributed by atoms with E-state index in [9.17, 15) is 9.90 Å². The number of hydrogen-bond donors (Lipinski definition) is 2. The molecular weight excluding hydrogens is 218 g/mol. The first-order chi connectivity index (χ1) is 8.27. The Morgan fingerprint density at radius 3 is 2.59 bits per heavy atom. The number of carbonyl (C=O) groups excluding carboxylic acids is 1. The first kappa shape index (κ1) is 12.1. The third kappa shape index (κ3) is 3.28. The highest BCUT2D eigenvalue weighted by molar-refractivity contribution is 5.76. The molecular formula is C13H17NO3. The van der Waals surface area contributed by atoms with Gasteiger partial charge in [-0.2, -0.15) is 0 Å². The molecule has 0 spiro atoms. The molecule has 1 aromatic rings. The van der Waals surface area contributed by atoms with Gasteiger partial charge in [0.15, 0.2) is 6.10 Å². The third-order valence-corrected chi connectivity index (χ3v) is 2.91. The Hall–Kier alpha value is -1.39. The van der Waals surface area contributed by atoms with E-state index >= 15 is 0 Å². The van der Waals surface area contributed by atoms with Crippen molar-refractivity contribution in [1.82, 2.24) is 5.32 Å². The first-order valence-electron chi connectivity index (χ1n) is 5.91. The molecule has 4 nitrogen and oxygen atoms in total. The summed E-state index contributed by atoms with van der Waals surface area (Å²) in [5.74, 6) is -0.553. The molecule has 0 saturated carbocycles. The van der Waals surface area contributed by atoms with Crippen molar-refractivity contribution in [2.75, 3.05) is 13.1 Å². The lowest BCUT2D eigenvalue weighted by Crippen LogP contribution is -2.34. The summed E-state index contributed by atoms with van der Waals surface area (Å²) in [5, 5.41) is 13.0. The molecule has 1 saturated heterocycles. The van der Waals surface area contributed by atoms with Gasteiger partial charge in [-0.05, 0) is 31.5 Å². The summed E-state index contributed by atoms with van der Waals surface area (Å²) in [7, 11) is 0. The second-order valence-corrected chi connectivity index (χ2v) is 4.20. The number of hydrogen-bond acceptors (Lipinski definition) is 4. The molecule has 4 heteroatoms. The number of nitrogens with one attached hydrogen (secondary N) is 1. The van der Waals surface area contributed by atoms with Crippen LogP contribution in [0, 0.1) is 0 Å². The Balaban J connectivity index is 1.91. The summed E-state index contributed by atoms with van der Waals surface area (Å²) in [6, 6.07) is 8.85. The smallest absolute Gasteiger partial charge is 0.339 e. The van der Waals surface area contributed by atoms with Gasteiger partial charge in [0.2, 0.25) is 0 Å². The van der Waals surface area contributed by atoms with Crippen LogP contribution in [0.5, 0.6) is 0 Å². The molecule has 0 amide bonds. The third-order valence-electron chi connectivity index (χ3n) is 2.91. The average molecular weight is 235 g/mol. The molecule has 1 atom stereocenters. The maximum absolute atomic E-state index is 11.7. The van der Waals surface area contributed by atoms with E-state index in [-0.39, 0.29) is 6.10 Å². The quantitative estimate of drug-likeness (QED) is 0.768. The van der Waals surface area contributed by atoms with Crippen LogP contribution in [-0.2, 0) is 9.53 Å². The molecule has 0 aromatic heterocycles. The highest BCUT2D eigenvalue weighted by Crippen LogP contribution is 2.17. The van der Waals surface area contributed by atoms with Crippen LogP contribution in [0.2, 0.25) is 0 Å². The molecule has 1 aliphatic heterocycles. The molecule has 92 valence electrons. The average Bonchev–Trinajstić information content (AvgIpc) is 2.40. The number of benzene rings is 1. The van der Waals surface area contributed by atoms with Crippen LogP contribution >= 0.6 is 0 Å². The Bertz CT molecular complexity index is 360. The van der Waals surface area contributed by atoms with Gasteiger partial charge >= 0.3 is 5.97 Å². The van der Waals surface area contributed by atoms with Crippen LogP contribution < -0.4 is 5.32 Å². The summed E-state index contributed by atoms with van der Waals surface area (Å²) in [6.45, 7) is 1.72. The van der Waals surface area contributed by atoms with Crippen LogP contribution in [0.3, 0.4) is 0 Å². The van der Waals surface area contributed by atoms with E-state index in [0.29, 0.717) is 5.56 Å². The van der Waals surface area contributed by atoms with Gasteiger partial charge in [0.25, 0.3) is 0 Å². The summed E-state index contributed by atoms with van der Waals surface area (Å²) >= 11 is 0. The van der Waals surface area contributed by atoms with Gasteiger partial charge in [-0.1, -0.05) is 30.3 Å². The Kier molecular flexibility index (Phi) is 4.12. The second kappa shape index (κ2) is 5.80. The zero-order chi connectivity index (χ0) is 12.1. The Morgan fingerprint density at radius 2 is 1.94 bits per heavy atom. The molecule has 1 fully saturated rings. The fourth-order valence-corrected chi connectivity index (χ4v) is 1.91. The van der Waals surface area contributed by atoms with Crippen molar-refractivity contribution in [2.24, 2.45) is 0 Å². The molecule has 0 aliphatic carbocycles. The molecule has 0 radical (unpaired) electrons. The van der Waals surface area contributed by atoms with Crippen LogP contribution in [-0.4, -0.2) is 30.3 Å². The van der Waals surface area contributed by atoms with Crippen LogP contribution in [0.15, 0.2) is 30.3 Å². The number of ether oxygens (including phenoxy) is 1. The van der Waals surface area contributed by atoms with Gasteiger partial charge in [0, 0.05) is 0 Å². The van der Waals surface area contributed by atoms with Crippen molar-refractivity contribution in [2.45, 2.75) is 25.0 Å². The highest BCUT2D eigenvalue weighted by atomic mass is 16.6. The molecule has 17 heavy (non-hydrogen) atoms. The minimum absolute atomic E-state index is 0.0675. The van der Waals surface area contributed by atoms with Gasteiger partial charge in [0.1, 0.15) is 6.10 Å². The highest BCUT2D eigenvalue weighted by Gasteiger charge is 2.23. The molecule has 1 heterocycles. The SMILES string of the molecule is O=C(OC1CCNCC1)C(O)c1ccccc1. The van der Waals surface area contributed by atoms with Gasteiger partial charge < -0.3 is 15.2 Å². The second-order valence-electron chi connectivity index (χ2n) is 4.20. The zero-order valence-corrected chi connectivity index (χ0v) is 9.63. The predicted molar refractivity (Wildman–Crippen MR) is 63.4 cm³/mol. The number of rotatable bonds is 3. The van der Waals surface area contributed by atoms with Gasteiger partial charge in [-0.15, -0.1) is 0 Å². The molecule has 0 bridgehead atoms. The molecule has 1 aliphatic rings. The van der Waals surface area contributed by atoms with Crippen molar-refractivity contribution in [3.8, 4) is 0 Å². The number of piperidine rings is 1. The fraction of sp³-hybridized carbons (Fsp3) is 0.462. The van der Waals surface area contributed by atoms with E-state index < -0.39 is 12.1 Å². The van der Waals surface area contributed by atoms with Crippen molar-refractivity contribution in [1.29, 1.82) is 0 Å². The topological polar surface area (TPSA) is 58.6 Å². The van der Waals surface area contributed by atoms with Crippen LogP contribution in [0.1, 0.15) is 24.5 Å². The van der Waals surface area contributed by atoms with Crippen molar-refractivity contribution < 1.29 is 14.6 Å². The summed E-state index contributed by atoms with van der Waals surface area (Å²) in [4.78, 5) is 11.7. The number of aliphatic hydroxyl groups is 1. The van der Waals surface area contributed by atoms with E-state index in [4.69, 9.17) is 4.74 Å². The number of carbonyl (C=O) groups is 1. The van der Waals surface area contributed by atoms with E-state index in [1.807, 2.05) is 6.07 Å². The summed E-state index contributed by atoms with van der Waals surface area (Å²) in [5.41, 5.74) is 0.575. The minimum Gasteiger partial charge on any atom is -0.460 e.